The van der Waals surface area contributed by atoms with Gasteiger partial charge < -0.3 is 5.32 Å². The van der Waals surface area contributed by atoms with Crippen LogP contribution in [-0.2, 0) is 9.59 Å². The van der Waals surface area contributed by atoms with Crippen LogP contribution in [0, 0.1) is 12.7 Å². The van der Waals surface area contributed by atoms with Crippen LogP contribution in [0.5, 0.6) is 0 Å². The Morgan fingerprint density at radius 1 is 1.41 bits per heavy atom. The molecule has 5 heteroatoms. The van der Waals surface area contributed by atoms with Crippen molar-refractivity contribution in [2.45, 2.75) is 19.9 Å². The fourth-order valence-electron chi connectivity index (χ4n) is 1.93. The smallest absolute Gasteiger partial charge is 0.247 e. The Labute approximate surface area is 98.4 Å². The molecule has 0 radical (unpaired) electrons. The van der Waals surface area contributed by atoms with Crippen LogP contribution in [0.3, 0.4) is 0 Å². The molecule has 1 unspecified atom stereocenters. The Bertz CT molecular complexity index is 487. The fraction of sp³-hybridized carbons (Fsp3) is 0.333. The van der Waals surface area contributed by atoms with Crippen molar-refractivity contribution in [3.63, 3.8) is 0 Å². The zero-order valence-electron chi connectivity index (χ0n) is 9.66. The third kappa shape index (κ3) is 1.88. The number of carbonyl (C=O) groups excluding carboxylic acids is 2. The first-order chi connectivity index (χ1) is 8.02. The van der Waals surface area contributed by atoms with Gasteiger partial charge in [-0.05, 0) is 26.0 Å². The first kappa shape index (κ1) is 11.6. The molecule has 2 rings (SSSR count). The molecule has 1 atom stereocenters. The van der Waals surface area contributed by atoms with E-state index in [9.17, 15) is 14.0 Å². The zero-order valence-corrected chi connectivity index (χ0v) is 9.66. The van der Waals surface area contributed by atoms with Gasteiger partial charge in [0, 0.05) is 5.56 Å². The highest BCUT2D eigenvalue weighted by molar-refractivity contribution is 6.06. The van der Waals surface area contributed by atoms with E-state index in [2.05, 4.69) is 5.32 Å². The molecule has 17 heavy (non-hydrogen) atoms. The molecule has 1 N–H and O–H groups in total. The van der Waals surface area contributed by atoms with Crippen molar-refractivity contribution in [2.75, 3.05) is 11.4 Å². The molecule has 1 heterocycles. The van der Waals surface area contributed by atoms with Crippen molar-refractivity contribution < 1.29 is 14.0 Å². The average Bonchev–Trinajstić information content (AvgIpc) is 2.30. The molecule has 0 aliphatic carbocycles. The van der Waals surface area contributed by atoms with Crippen LogP contribution in [0.1, 0.15) is 12.5 Å². The number of piperazine rings is 1. The summed E-state index contributed by atoms with van der Waals surface area (Å²) in [6, 6.07) is 3.89. The van der Waals surface area contributed by atoms with Crippen molar-refractivity contribution in [3.8, 4) is 0 Å². The van der Waals surface area contributed by atoms with Crippen LogP contribution < -0.4 is 10.2 Å². The zero-order chi connectivity index (χ0) is 12.6. The van der Waals surface area contributed by atoms with Gasteiger partial charge in [0.2, 0.25) is 11.8 Å². The number of halogens is 1. The summed E-state index contributed by atoms with van der Waals surface area (Å²) in [5.74, 6) is -0.840. The van der Waals surface area contributed by atoms with Gasteiger partial charge in [0.05, 0.1) is 12.2 Å². The predicted molar refractivity (Wildman–Crippen MR) is 61.1 cm³/mol. The molecule has 0 aromatic heterocycles. The summed E-state index contributed by atoms with van der Waals surface area (Å²) in [4.78, 5) is 24.7. The Balaban J connectivity index is 2.47. The van der Waals surface area contributed by atoms with E-state index in [1.807, 2.05) is 0 Å². The van der Waals surface area contributed by atoms with Gasteiger partial charge in [0.15, 0.2) is 0 Å². The van der Waals surface area contributed by atoms with E-state index in [1.54, 1.807) is 19.9 Å². The normalized spacial score (nSPS) is 20.4. The molecule has 90 valence electrons. The number of amides is 2. The lowest BCUT2D eigenvalue weighted by Gasteiger charge is -2.33. The number of rotatable bonds is 1. The van der Waals surface area contributed by atoms with E-state index in [4.69, 9.17) is 0 Å². The molecule has 0 spiro atoms. The summed E-state index contributed by atoms with van der Waals surface area (Å²) in [5.41, 5.74) is 0.833. The lowest BCUT2D eigenvalue weighted by atomic mass is 10.1. The standard InChI is InChI=1S/C12H13FN2O2/c1-7-9(13)4-3-5-10(7)15-8(2)12(17)14-6-11(15)16/h3-5,8H,6H2,1-2H3,(H,14,17). The predicted octanol–water partition coefficient (Wildman–Crippen LogP) is 0.985. The van der Waals surface area contributed by atoms with Gasteiger partial charge in [0.25, 0.3) is 0 Å². The van der Waals surface area contributed by atoms with Crippen LogP contribution >= 0.6 is 0 Å². The van der Waals surface area contributed by atoms with Crippen molar-refractivity contribution in [3.05, 3.63) is 29.6 Å². The first-order valence-electron chi connectivity index (χ1n) is 5.37. The van der Waals surface area contributed by atoms with Crippen molar-refractivity contribution in [2.24, 2.45) is 0 Å². The lowest BCUT2D eigenvalue weighted by Crippen LogP contribution is -2.57. The van der Waals surface area contributed by atoms with E-state index in [0.29, 0.717) is 11.3 Å². The van der Waals surface area contributed by atoms with E-state index in [1.165, 1.54) is 17.0 Å². The summed E-state index contributed by atoms with van der Waals surface area (Å²) >= 11 is 0. The Kier molecular flexibility index (Phi) is 2.83. The highest BCUT2D eigenvalue weighted by Gasteiger charge is 2.33. The monoisotopic (exact) mass is 236 g/mol. The van der Waals surface area contributed by atoms with Crippen LogP contribution in [0.25, 0.3) is 0 Å². The van der Waals surface area contributed by atoms with Gasteiger partial charge in [0.1, 0.15) is 11.9 Å². The van der Waals surface area contributed by atoms with Crippen molar-refractivity contribution >= 4 is 17.5 Å². The second kappa shape index (κ2) is 4.16. The van der Waals surface area contributed by atoms with Crippen LogP contribution in [0.2, 0.25) is 0 Å². The Hall–Kier alpha value is -1.91. The Morgan fingerprint density at radius 3 is 2.82 bits per heavy atom. The van der Waals surface area contributed by atoms with Gasteiger partial charge in [-0.1, -0.05) is 6.07 Å². The second-order valence-electron chi connectivity index (χ2n) is 4.04. The fourth-order valence-corrected chi connectivity index (χ4v) is 1.93. The molecule has 1 aromatic rings. The molecule has 1 fully saturated rings. The number of hydrogen-bond acceptors (Lipinski definition) is 2. The number of nitrogens with zero attached hydrogens (tertiary/aromatic N) is 1. The Morgan fingerprint density at radius 2 is 2.12 bits per heavy atom. The number of nitrogens with one attached hydrogen (secondary N) is 1. The van der Waals surface area contributed by atoms with E-state index >= 15 is 0 Å². The van der Waals surface area contributed by atoms with Crippen LogP contribution in [0.4, 0.5) is 10.1 Å². The molecular weight excluding hydrogens is 223 g/mol. The molecule has 2 amide bonds. The number of benzene rings is 1. The topological polar surface area (TPSA) is 49.4 Å². The molecule has 1 aromatic carbocycles. The van der Waals surface area contributed by atoms with Gasteiger partial charge >= 0.3 is 0 Å². The van der Waals surface area contributed by atoms with Crippen molar-refractivity contribution in [1.29, 1.82) is 0 Å². The number of hydrogen-bond donors (Lipinski definition) is 1. The molecule has 1 aliphatic rings. The second-order valence-corrected chi connectivity index (χ2v) is 4.04. The minimum Gasteiger partial charge on any atom is -0.345 e. The maximum Gasteiger partial charge on any atom is 0.247 e. The van der Waals surface area contributed by atoms with E-state index in [0.717, 1.165) is 0 Å². The molecular formula is C12H13FN2O2. The average molecular weight is 236 g/mol. The third-order valence-corrected chi connectivity index (χ3v) is 2.95. The van der Waals surface area contributed by atoms with Crippen molar-refractivity contribution in [1.82, 2.24) is 5.32 Å². The molecule has 1 aliphatic heterocycles. The maximum absolute atomic E-state index is 13.4. The van der Waals surface area contributed by atoms with Crippen LogP contribution in [0.15, 0.2) is 18.2 Å². The third-order valence-electron chi connectivity index (χ3n) is 2.95. The van der Waals surface area contributed by atoms with Gasteiger partial charge in [-0.15, -0.1) is 0 Å². The number of anilines is 1. The summed E-state index contributed by atoms with van der Waals surface area (Å²) < 4.78 is 13.4. The minimum absolute atomic E-state index is 0.0425. The summed E-state index contributed by atoms with van der Waals surface area (Å²) in [6.45, 7) is 3.17. The van der Waals surface area contributed by atoms with Gasteiger partial charge in [-0.3, -0.25) is 14.5 Å². The highest BCUT2D eigenvalue weighted by Crippen LogP contribution is 2.25. The minimum atomic E-state index is -0.614. The number of carbonyl (C=O) groups is 2. The quantitative estimate of drug-likeness (QED) is 0.790. The molecule has 0 bridgehead atoms. The summed E-state index contributed by atoms with van der Waals surface area (Å²) in [6.07, 6.45) is 0. The highest BCUT2D eigenvalue weighted by atomic mass is 19.1. The lowest BCUT2D eigenvalue weighted by molar-refractivity contribution is -0.130. The molecule has 0 saturated carbocycles. The van der Waals surface area contributed by atoms with Gasteiger partial charge in [-0.2, -0.15) is 0 Å². The maximum atomic E-state index is 13.4. The van der Waals surface area contributed by atoms with Crippen LogP contribution in [-0.4, -0.2) is 24.4 Å². The molecule has 1 saturated heterocycles. The summed E-state index contributed by atoms with van der Waals surface area (Å²) in [5, 5.41) is 2.49. The van der Waals surface area contributed by atoms with E-state index in [-0.39, 0.29) is 24.2 Å². The van der Waals surface area contributed by atoms with E-state index < -0.39 is 6.04 Å². The summed E-state index contributed by atoms with van der Waals surface area (Å²) in [7, 11) is 0. The SMILES string of the molecule is Cc1c(F)cccc1N1C(=O)CNC(=O)C1C. The largest absolute Gasteiger partial charge is 0.345 e. The first-order valence-corrected chi connectivity index (χ1v) is 5.37. The van der Waals surface area contributed by atoms with Gasteiger partial charge in [-0.25, -0.2) is 4.39 Å². The molecule has 4 nitrogen and oxygen atoms in total.